The molecule has 4 nitrogen and oxygen atoms in total. The molecule has 0 bridgehead atoms. The number of aromatic nitrogens is 1. The SMILES string of the molecule is COc1ccc(C=Nc2c(-c3ccc(OC)cc3)[nH]c3ccccc23)cc1. The zero-order valence-corrected chi connectivity index (χ0v) is 15.3. The fraction of sp³-hybridized carbons (Fsp3) is 0.0870. The number of benzene rings is 3. The minimum Gasteiger partial charge on any atom is -0.497 e. The Morgan fingerprint density at radius 1 is 0.778 bits per heavy atom. The summed E-state index contributed by atoms with van der Waals surface area (Å²) in [4.78, 5) is 8.31. The van der Waals surface area contributed by atoms with Crippen LogP contribution < -0.4 is 9.47 Å². The average molecular weight is 356 g/mol. The molecule has 0 saturated carbocycles. The number of hydrogen-bond acceptors (Lipinski definition) is 3. The first kappa shape index (κ1) is 16.9. The predicted octanol–water partition coefficient (Wildman–Crippen LogP) is 5.60. The van der Waals surface area contributed by atoms with Crippen molar-refractivity contribution in [2.24, 2.45) is 4.99 Å². The van der Waals surface area contributed by atoms with Crippen LogP contribution in [-0.2, 0) is 0 Å². The highest BCUT2D eigenvalue weighted by Gasteiger charge is 2.12. The predicted molar refractivity (Wildman–Crippen MR) is 111 cm³/mol. The lowest BCUT2D eigenvalue weighted by Gasteiger charge is -2.04. The van der Waals surface area contributed by atoms with Crippen molar-refractivity contribution in [1.82, 2.24) is 4.98 Å². The number of para-hydroxylation sites is 1. The van der Waals surface area contributed by atoms with E-state index in [-0.39, 0.29) is 0 Å². The van der Waals surface area contributed by atoms with E-state index in [1.165, 1.54) is 0 Å². The molecule has 4 aromatic rings. The highest BCUT2D eigenvalue weighted by atomic mass is 16.5. The Kier molecular flexibility index (Phi) is 4.62. The number of rotatable bonds is 5. The molecule has 3 aromatic carbocycles. The highest BCUT2D eigenvalue weighted by molar-refractivity contribution is 6.01. The molecule has 1 aromatic heterocycles. The molecule has 0 aliphatic heterocycles. The second kappa shape index (κ2) is 7.38. The molecule has 0 spiro atoms. The minimum atomic E-state index is 0.832. The second-order valence-corrected chi connectivity index (χ2v) is 6.15. The second-order valence-electron chi connectivity index (χ2n) is 6.15. The number of methoxy groups -OCH3 is 2. The van der Waals surface area contributed by atoms with Gasteiger partial charge in [-0.15, -0.1) is 0 Å². The number of nitrogens with zero attached hydrogens (tertiary/aromatic N) is 1. The molecule has 0 amide bonds. The van der Waals surface area contributed by atoms with Gasteiger partial charge in [0, 0.05) is 22.7 Å². The van der Waals surface area contributed by atoms with E-state index in [2.05, 4.69) is 17.1 Å². The number of H-pyrrole nitrogens is 1. The third kappa shape index (κ3) is 3.42. The smallest absolute Gasteiger partial charge is 0.118 e. The molecule has 4 heteroatoms. The quantitative estimate of drug-likeness (QED) is 0.473. The standard InChI is InChI=1S/C23H20N2O2/c1-26-18-11-7-16(8-12-18)15-24-23-20-5-3-4-6-21(20)25-22(23)17-9-13-19(27-2)14-10-17/h3-15,25H,1-2H3. The first-order chi connectivity index (χ1) is 13.3. The van der Waals surface area contributed by atoms with E-state index in [1.54, 1.807) is 14.2 Å². The van der Waals surface area contributed by atoms with Crippen LogP contribution in [0.3, 0.4) is 0 Å². The van der Waals surface area contributed by atoms with Gasteiger partial charge in [0.15, 0.2) is 0 Å². The molecule has 0 unspecified atom stereocenters. The summed E-state index contributed by atoms with van der Waals surface area (Å²) in [6.45, 7) is 0. The first-order valence-electron chi connectivity index (χ1n) is 8.72. The molecular weight excluding hydrogens is 336 g/mol. The van der Waals surface area contributed by atoms with Crippen LogP contribution in [0.1, 0.15) is 5.56 Å². The first-order valence-corrected chi connectivity index (χ1v) is 8.72. The van der Waals surface area contributed by atoms with Gasteiger partial charge in [-0.2, -0.15) is 0 Å². The largest absolute Gasteiger partial charge is 0.497 e. The summed E-state index contributed by atoms with van der Waals surface area (Å²) in [6.07, 6.45) is 1.88. The lowest BCUT2D eigenvalue weighted by molar-refractivity contribution is 0.414. The topological polar surface area (TPSA) is 46.6 Å². The molecule has 4 rings (SSSR count). The maximum Gasteiger partial charge on any atom is 0.118 e. The molecule has 0 saturated heterocycles. The minimum absolute atomic E-state index is 0.832. The van der Waals surface area contributed by atoms with Gasteiger partial charge in [0.25, 0.3) is 0 Å². The highest BCUT2D eigenvalue weighted by Crippen LogP contribution is 2.37. The van der Waals surface area contributed by atoms with Crippen molar-refractivity contribution in [3.63, 3.8) is 0 Å². The van der Waals surface area contributed by atoms with Crippen LogP contribution in [0.4, 0.5) is 5.69 Å². The zero-order chi connectivity index (χ0) is 18.6. The summed E-state index contributed by atoms with van der Waals surface area (Å²) < 4.78 is 10.5. The molecule has 0 aliphatic carbocycles. The molecule has 1 N–H and O–H groups in total. The summed E-state index contributed by atoms with van der Waals surface area (Å²) in [6, 6.07) is 24.0. The molecule has 134 valence electrons. The monoisotopic (exact) mass is 356 g/mol. The summed E-state index contributed by atoms with van der Waals surface area (Å²) in [5, 5.41) is 1.09. The number of aromatic amines is 1. The Morgan fingerprint density at radius 3 is 2.07 bits per heavy atom. The third-order valence-electron chi connectivity index (χ3n) is 4.52. The van der Waals surface area contributed by atoms with Gasteiger partial charge in [0.2, 0.25) is 0 Å². The summed E-state index contributed by atoms with van der Waals surface area (Å²) in [5.41, 5.74) is 5.05. The maximum absolute atomic E-state index is 5.27. The Morgan fingerprint density at radius 2 is 1.41 bits per heavy atom. The molecular formula is C23H20N2O2. The van der Waals surface area contributed by atoms with E-state index >= 15 is 0 Å². The summed E-state index contributed by atoms with van der Waals surface area (Å²) in [7, 11) is 3.33. The van der Waals surface area contributed by atoms with Gasteiger partial charge in [0.05, 0.1) is 25.6 Å². The van der Waals surface area contributed by atoms with Crippen molar-refractivity contribution in [1.29, 1.82) is 0 Å². The van der Waals surface area contributed by atoms with Crippen LogP contribution in [0, 0.1) is 0 Å². The number of nitrogens with one attached hydrogen (secondary N) is 1. The fourth-order valence-corrected chi connectivity index (χ4v) is 3.06. The molecule has 27 heavy (non-hydrogen) atoms. The Labute approximate surface area is 158 Å². The molecule has 1 heterocycles. The van der Waals surface area contributed by atoms with Crippen LogP contribution in [-0.4, -0.2) is 25.4 Å². The lowest BCUT2D eigenvalue weighted by atomic mass is 10.1. The van der Waals surface area contributed by atoms with Crippen LogP contribution in [0.25, 0.3) is 22.2 Å². The number of ether oxygens (including phenoxy) is 2. The van der Waals surface area contributed by atoms with Gasteiger partial charge in [-0.1, -0.05) is 18.2 Å². The van der Waals surface area contributed by atoms with Crippen LogP contribution in [0.2, 0.25) is 0 Å². The van der Waals surface area contributed by atoms with Crippen LogP contribution in [0.5, 0.6) is 11.5 Å². The van der Waals surface area contributed by atoms with E-state index in [4.69, 9.17) is 14.5 Å². The van der Waals surface area contributed by atoms with E-state index in [9.17, 15) is 0 Å². The summed E-state index contributed by atoms with van der Waals surface area (Å²) >= 11 is 0. The van der Waals surface area contributed by atoms with Crippen LogP contribution >= 0.6 is 0 Å². The van der Waals surface area contributed by atoms with Crippen molar-refractivity contribution < 1.29 is 9.47 Å². The van der Waals surface area contributed by atoms with Crippen molar-refractivity contribution in [3.8, 4) is 22.8 Å². The van der Waals surface area contributed by atoms with Crippen molar-refractivity contribution in [2.75, 3.05) is 14.2 Å². The average Bonchev–Trinajstić information content (AvgIpc) is 3.11. The van der Waals surface area contributed by atoms with Gasteiger partial charge in [-0.3, -0.25) is 4.99 Å². The van der Waals surface area contributed by atoms with Crippen LogP contribution in [0.15, 0.2) is 77.8 Å². The van der Waals surface area contributed by atoms with Gasteiger partial charge in [-0.05, 0) is 60.2 Å². The molecule has 0 fully saturated rings. The Balaban J connectivity index is 1.78. The van der Waals surface area contributed by atoms with Crippen molar-refractivity contribution >= 4 is 22.8 Å². The molecule has 0 aliphatic rings. The van der Waals surface area contributed by atoms with Gasteiger partial charge in [0.1, 0.15) is 11.5 Å². The third-order valence-corrected chi connectivity index (χ3v) is 4.52. The summed E-state index contributed by atoms with van der Waals surface area (Å²) in [5.74, 6) is 1.66. The fourth-order valence-electron chi connectivity index (χ4n) is 3.06. The van der Waals surface area contributed by atoms with Gasteiger partial charge >= 0.3 is 0 Å². The van der Waals surface area contributed by atoms with E-state index in [0.29, 0.717) is 0 Å². The Hall–Kier alpha value is -3.53. The lowest BCUT2D eigenvalue weighted by Crippen LogP contribution is -1.85. The molecule has 0 radical (unpaired) electrons. The number of fused-ring (bicyclic) bond motifs is 1. The van der Waals surface area contributed by atoms with E-state index in [0.717, 1.165) is 44.9 Å². The van der Waals surface area contributed by atoms with Crippen molar-refractivity contribution in [2.45, 2.75) is 0 Å². The maximum atomic E-state index is 5.27. The molecule has 0 atom stereocenters. The van der Waals surface area contributed by atoms with Gasteiger partial charge < -0.3 is 14.5 Å². The number of hydrogen-bond donors (Lipinski definition) is 1. The zero-order valence-electron chi connectivity index (χ0n) is 15.3. The normalized spacial score (nSPS) is 11.2. The number of aliphatic imine (C=N–C) groups is 1. The Bertz CT molecular complexity index is 1080. The van der Waals surface area contributed by atoms with E-state index < -0.39 is 0 Å². The van der Waals surface area contributed by atoms with E-state index in [1.807, 2.05) is 66.9 Å². The van der Waals surface area contributed by atoms with Gasteiger partial charge in [-0.25, -0.2) is 0 Å². The van der Waals surface area contributed by atoms with Crippen molar-refractivity contribution in [3.05, 3.63) is 78.4 Å².